The summed E-state index contributed by atoms with van der Waals surface area (Å²) in [5.74, 6) is 0.363. The molecule has 0 saturated carbocycles. The molecule has 146 valence electrons. The molecular formula is C16H18N8O3S. The van der Waals surface area contributed by atoms with E-state index in [1.165, 1.54) is 38.5 Å². The monoisotopic (exact) mass is 402 g/mol. The Hall–Kier alpha value is -3.41. The molecule has 4 aromatic rings. The van der Waals surface area contributed by atoms with Gasteiger partial charge >= 0.3 is 5.69 Å². The van der Waals surface area contributed by atoms with E-state index in [0.29, 0.717) is 28.2 Å². The summed E-state index contributed by atoms with van der Waals surface area (Å²) in [6, 6.07) is 4.56. The van der Waals surface area contributed by atoms with E-state index < -0.39 is 10.0 Å². The highest BCUT2D eigenvalue weighted by Crippen LogP contribution is 2.27. The standard InChI is InChI=1S/C16H18N8O3S/c1-10-14(15(19-23(10)4)24-8-17-18-9-24)20-28(26,27)11-5-6-12-13(7-11)22(3)16(25)21(12)2/h5-9,20H,1-4H3. The normalized spacial score (nSPS) is 12.0. The topological polar surface area (TPSA) is 122 Å². The molecule has 1 N–H and O–H groups in total. The SMILES string of the molecule is Cc1c(NS(=O)(=O)c2ccc3c(c2)n(C)c(=O)n3C)c(-n2cnnc2)nn1C. The van der Waals surface area contributed by atoms with Gasteiger partial charge in [-0.2, -0.15) is 5.10 Å². The molecular weight excluding hydrogens is 384 g/mol. The van der Waals surface area contributed by atoms with Crippen molar-refractivity contribution < 1.29 is 8.42 Å². The summed E-state index contributed by atoms with van der Waals surface area (Å²) in [5.41, 5.74) is 1.90. The molecule has 0 aliphatic heterocycles. The van der Waals surface area contributed by atoms with Gasteiger partial charge in [0.1, 0.15) is 18.3 Å². The molecule has 0 saturated heterocycles. The van der Waals surface area contributed by atoms with Crippen LogP contribution in [-0.2, 0) is 31.2 Å². The van der Waals surface area contributed by atoms with Gasteiger partial charge in [-0.3, -0.25) is 23.1 Å². The first-order valence-corrected chi connectivity index (χ1v) is 9.76. The first-order valence-electron chi connectivity index (χ1n) is 8.27. The zero-order valence-corrected chi connectivity index (χ0v) is 16.5. The van der Waals surface area contributed by atoms with E-state index in [0.717, 1.165) is 0 Å². The van der Waals surface area contributed by atoms with Crippen molar-refractivity contribution in [3.63, 3.8) is 0 Å². The quantitative estimate of drug-likeness (QED) is 0.524. The maximum atomic E-state index is 13.0. The average molecular weight is 402 g/mol. The summed E-state index contributed by atoms with van der Waals surface area (Å²) in [6.07, 6.45) is 2.87. The lowest BCUT2D eigenvalue weighted by molar-refractivity contribution is 0.601. The van der Waals surface area contributed by atoms with Gasteiger partial charge in [-0.1, -0.05) is 0 Å². The zero-order valence-electron chi connectivity index (χ0n) is 15.7. The minimum atomic E-state index is -3.93. The first-order chi connectivity index (χ1) is 13.2. The predicted octanol–water partition coefficient (Wildman–Crippen LogP) is 0.300. The van der Waals surface area contributed by atoms with Crippen LogP contribution in [0.1, 0.15) is 5.69 Å². The number of hydrogen-bond acceptors (Lipinski definition) is 6. The maximum Gasteiger partial charge on any atom is 0.328 e. The fourth-order valence-corrected chi connectivity index (χ4v) is 4.19. The number of nitrogens with zero attached hydrogens (tertiary/aromatic N) is 7. The number of aryl methyl sites for hydroxylation is 3. The molecule has 1 aromatic carbocycles. The molecule has 0 atom stereocenters. The van der Waals surface area contributed by atoms with Crippen molar-refractivity contribution in [3.8, 4) is 5.82 Å². The molecule has 3 heterocycles. The second kappa shape index (κ2) is 6.05. The molecule has 0 spiro atoms. The molecule has 0 radical (unpaired) electrons. The van der Waals surface area contributed by atoms with Gasteiger partial charge in [0, 0.05) is 21.1 Å². The van der Waals surface area contributed by atoms with E-state index in [2.05, 4.69) is 20.0 Å². The number of fused-ring (bicyclic) bond motifs is 1. The summed E-state index contributed by atoms with van der Waals surface area (Å²) in [5, 5.41) is 11.8. The minimum absolute atomic E-state index is 0.0409. The van der Waals surface area contributed by atoms with Crippen molar-refractivity contribution in [3.05, 3.63) is 47.0 Å². The number of imidazole rings is 1. The Morgan fingerprint density at radius 2 is 1.64 bits per heavy atom. The van der Waals surface area contributed by atoms with Crippen molar-refractivity contribution in [2.75, 3.05) is 4.72 Å². The van der Waals surface area contributed by atoms with E-state index in [-0.39, 0.29) is 10.6 Å². The summed E-state index contributed by atoms with van der Waals surface area (Å²) in [7, 11) is 1.03. The van der Waals surface area contributed by atoms with Crippen molar-refractivity contribution in [2.24, 2.45) is 21.1 Å². The molecule has 0 bridgehead atoms. The fourth-order valence-electron chi connectivity index (χ4n) is 3.05. The van der Waals surface area contributed by atoms with Gasteiger partial charge in [0.25, 0.3) is 10.0 Å². The van der Waals surface area contributed by atoms with Gasteiger partial charge < -0.3 is 0 Å². The third-order valence-corrected chi connectivity index (χ3v) is 6.12. The van der Waals surface area contributed by atoms with Crippen LogP contribution in [-0.4, -0.2) is 42.1 Å². The summed E-state index contributed by atoms with van der Waals surface area (Å²) in [6.45, 7) is 1.75. The van der Waals surface area contributed by atoms with E-state index in [9.17, 15) is 13.2 Å². The predicted molar refractivity (Wildman–Crippen MR) is 102 cm³/mol. The number of aromatic nitrogens is 7. The highest BCUT2D eigenvalue weighted by molar-refractivity contribution is 7.92. The summed E-state index contributed by atoms with van der Waals surface area (Å²) < 4.78 is 34.7. The molecule has 12 heteroatoms. The first kappa shape index (κ1) is 18.0. The number of nitrogens with one attached hydrogen (secondary N) is 1. The molecule has 0 fully saturated rings. The van der Waals surface area contributed by atoms with Crippen molar-refractivity contribution in [2.45, 2.75) is 11.8 Å². The van der Waals surface area contributed by atoms with Gasteiger partial charge in [0.15, 0.2) is 5.82 Å². The van der Waals surface area contributed by atoms with E-state index in [1.807, 2.05) is 0 Å². The van der Waals surface area contributed by atoms with Crippen LogP contribution in [0.4, 0.5) is 5.69 Å². The van der Waals surface area contributed by atoms with E-state index in [1.54, 1.807) is 38.8 Å². The Morgan fingerprint density at radius 1 is 1.00 bits per heavy atom. The Balaban J connectivity index is 1.82. The lowest BCUT2D eigenvalue weighted by Gasteiger charge is -2.10. The number of anilines is 1. The average Bonchev–Trinajstić information content (AvgIpc) is 3.34. The van der Waals surface area contributed by atoms with Gasteiger partial charge in [-0.25, -0.2) is 13.2 Å². The molecule has 0 unspecified atom stereocenters. The second-order valence-corrected chi connectivity index (χ2v) is 8.12. The van der Waals surface area contributed by atoms with Crippen LogP contribution >= 0.6 is 0 Å². The maximum absolute atomic E-state index is 13.0. The third kappa shape index (κ3) is 2.60. The number of benzene rings is 1. The molecule has 0 aliphatic rings. The molecule has 28 heavy (non-hydrogen) atoms. The van der Waals surface area contributed by atoms with E-state index >= 15 is 0 Å². The van der Waals surface area contributed by atoms with Crippen LogP contribution in [0, 0.1) is 6.92 Å². The summed E-state index contributed by atoms with van der Waals surface area (Å²) >= 11 is 0. The largest absolute Gasteiger partial charge is 0.328 e. The Morgan fingerprint density at radius 3 is 2.32 bits per heavy atom. The van der Waals surface area contributed by atoms with Crippen LogP contribution in [0.25, 0.3) is 16.9 Å². The second-order valence-electron chi connectivity index (χ2n) is 6.43. The highest BCUT2D eigenvalue weighted by atomic mass is 32.2. The Kier molecular flexibility index (Phi) is 3.89. The Bertz CT molecular complexity index is 1360. The van der Waals surface area contributed by atoms with E-state index in [4.69, 9.17) is 0 Å². The minimum Gasteiger partial charge on any atom is -0.295 e. The lowest BCUT2D eigenvalue weighted by atomic mass is 10.3. The van der Waals surface area contributed by atoms with Crippen LogP contribution in [0.5, 0.6) is 0 Å². The number of sulfonamides is 1. The van der Waals surface area contributed by atoms with Crippen LogP contribution in [0.3, 0.4) is 0 Å². The summed E-state index contributed by atoms with van der Waals surface area (Å²) in [4.78, 5) is 12.1. The van der Waals surface area contributed by atoms with Crippen molar-refractivity contribution in [1.29, 1.82) is 0 Å². The van der Waals surface area contributed by atoms with Gasteiger partial charge in [0.05, 0.1) is 21.6 Å². The molecule has 0 aliphatic carbocycles. The zero-order chi connectivity index (χ0) is 20.2. The van der Waals surface area contributed by atoms with Gasteiger partial charge in [-0.15, -0.1) is 10.2 Å². The van der Waals surface area contributed by atoms with Crippen LogP contribution in [0.15, 0.2) is 40.5 Å². The van der Waals surface area contributed by atoms with Gasteiger partial charge in [0.2, 0.25) is 0 Å². The van der Waals surface area contributed by atoms with Crippen LogP contribution < -0.4 is 10.4 Å². The number of hydrogen-bond donors (Lipinski definition) is 1. The van der Waals surface area contributed by atoms with Crippen molar-refractivity contribution in [1.82, 2.24) is 33.7 Å². The van der Waals surface area contributed by atoms with Crippen molar-refractivity contribution >= 4 is 26.7 Å². The smallest absolute Gasteiger partial charge is 0.295 e. The highest BCUT2D eigenvalue weighted by Gasteiger charge is 2.23. The van der Waals surface area contributed by atoms with Crippen LogP contribution in [0.2, 0.25) is 0 Å². The van der Waals surface area contributed by atoms with Gasteiger partial charge in [-0.05, 0) is 25.1 Å². The fraction of sp³-hybridized carbons (Fsp3) is 0.250. The number of rotatable bonds is 4. The third-order valence-electron chi connectivity index (χ3n) is 4.77. The molecule has 0 amide bonds. The molecule has 4 rings (SSSR count). The molecule has 11 nitrogen and oxygen atoms in total. The lowest BCUT2D eigenvalue weighted by Crippen LogP contribution is -2.19. The molecule has 3 aromatic heterocycles. The Labute approximate surface area is 159 Å².